The third-order valence-electron chi connectivity index (χ3n) is 4.01. The van der Waals surface area contributed by atoms with Crippen molar-refractivity contribution in [3.05, 3.63) is 0 Å². The van der Waals surface area contributed by atoms with E-state index in [2.05, 4.69) is 11.8 Å². The molecule has 1 saturated heterocycles. The van der Waals surface area contributed by atoms with E-state index in [9.17, 15) is 18.0 Å². The highest BCUT2D eigenvalue weighted by atomic mass is 19.4. The fraction of sp³-hybridized carbons (Fsp3) is 0.923. The molecule has 1 aliphatic heterocycles. The number of hydrogen-bond acceptors (Lipinski definition) is 4. The zero-order valence-electron chi connectivity index (χ0n) is 12.1. The van der Waals surface area contributed by atoms with Crippen molar-refractivity contribution in [3.8, 4) is 0 Å². The van der Waals surface area contributed by atoms with Crippen LogP contribution < -0.4 is 5.73 Å². The number of hydrogen-bond donors (Lipinski definition) is 1. The molecule has 4 nitrogen and oxygen atoms in total. The van der Waals surface area contributed by atoms with E-state index in [0.29, 0.717) is 31.3 Å². The number of carbonyl (C=O) groups excluding carboxylic acids is 1. The molecule has 0 bridgehead atoms. The van der Waals surface area contributed by atoms with E-state index in [0.717, 1.165) is 12.8 Å². The summed E-state index contributed by atoms with van der Waals surface area (Å²) in [6.45, 7) is 1.37. The molecule has 0 aliphatic carbocycles. The monoisotopic (exact) mass is 295 g/mol. The minimum absolute atomic E-state index is 0.0466. The number of rotatable bonds is 7. The number of nitrogens with zero attached hydrogens (tertiary/aromatic N) is 2. The fourth-order valence-corrected chi connectivity index (χ4v) is 2.71. The largest absolute Gasteiger partial charge is 0.401 e. The van der Waals surface area contributed by atoms with Crippen molar-refractivity contribution in [1.29, 1.82) is 0 Å². The first kappa shape index (κ1) is 17.4. The van der Waals surface area contributed by atoms with Crippen LogP contribution in [0, 0.1) is 0 Å². The summed E-state index contributed by atoms with van der Waals surface area (Å²) in [7, 11) is 2.01. The van der Waals surface area contributed by atoms with Crippen LogP contribution in [0.2, 0.25) is 0 Å². The second kappa shape index (κ2) is 7.38. The molecule has 0 amide bonds. The van der Waals surface area contributed by atoms with Crippen LogP contribution >= 0.6 is 0 Å². The average molecular weight is 295 g/mol. The second-order valence-corrected chi connectivity index (χ2v) is 5.68. The van der Waals surface area contributed by atoms with Gasteiger partial charge in [-0.15, -0.1) is 0 Å². The van der Waals surface area contributed by atoms with E-state index < -0.39 is 18.8 Å². The van der Waals surface area contributed by atoms with Gasteiger partial charge in [0.15, 0.2) is 0 Å². The molecule has 0 aromatic heterocycles. The molecule has 1 fully saturated rings. The van der Waals surface area contributed by atoms with E-state index in [1.807, 2.05) is 7.05 Å². The lowest BCUT2D eigenvalue weighted by molar-refractivity contribution is -0.147. The number of nitrogens with two attached hydrogens (primary N) is 1. The maximum atomic E-state index is 12.5. The average Bonchev–Trinajstić information content (AvgIpc) is 2.65. The van der Waals surface area contributed by atoms with E-state index in [1.54, 1.807) is 0 Å². The molecule has 1 heterocycles. The number of alkyl halides is 3. The first-order chi connectivity index (χ1) is 9.23. The van der Waals surface area contributed by atoms with Crippen LogP contribution in [-0.2, 0) is 4.79 Å². The number of likely N-dealkylation sites (tertiary alicyclic amines) is 1. The quantitative estimate of drug-likeness (QED) is 0.718. The maximum Gasteiger partial charge on any atom is 0.401 e. The molecule has 20 heavy (non-hydrogen) atoms. The zero-order chi connectivity index (χ0) is 15.3. The summed E-state index contributed by atoms with van der Waals surface area (Å²) in [6.07, 6.45) is -1.02. The smallest absolute Gasteiger partial charge is 0.321 e. The SMILES string of the molecule is CC1CCC(CCN(CC(N)C=O)CC(F)(F)F)N1C. The van der Waals surface area contributed by atoms with Gasteiger partial charge < -0.3 is 15.4 Å². The number of halogens is 3. The molecule has 118 valence electrons. The molecule has 3 atom stereocenters. The molecule has 0 saturated carbocycles. The molecule has 1 aliphatic rings. The van der Waals surface area contributed by atoms with Crippen molar-refractivity contribution < 1.29 is 18.0 Å². The highest BCUT2D eigenvalue weighted by Gasteiger charge is 2.32. The Morgan fingerprint density at radius 2 is 2.10 bits per heavy atom. The predicted octanol–water partition coefficient (Wildman–Crippen LogP) is 1.25. The van der Waals surface area contributed by atoms with Gasteiger partial charge in [-0.3, -0.25) is 4.90 Å². The van der Waals surface area contributed by atoms with Crippen LogP contribution in [0.25, 0.3) is 0 Å². The number of aldehydes is 1. The number of carbonyl (C=O) groups is 1. The summed E-state index contributed by atoms with van der Waals surface area (Å²) in [6, 6.07) is -0.0703. The minimum atomic E-state index is -4.27. The molecular weight excluding hydrogens is 271 g/mol. The van der Waals surface area contributed by atoms with Crippen LogP contribution in [0.3, 0.4) is 0 Å². The molecule has 0 aromatic carbocycles. The Kier molecular flexibility index (Phi) is 6.42. The van der Waals surface area contributed by atoms with Crippen LogP contribution in [-0.4, -0.2) is 67.1 Å². The Balaban J connectivity index is 2.49. The van der Waals surface area contributed by atoms with Crippen molar-refractivity contribution in [2.75, 3.05) is 26.7 Å². The van der Waals surface area contributed by atoms with E-state index in [1.165, 1.54) is 4.90 Å². The molecule has 2 N–H and O–H groups in total. The van der Waals surface area contributed by atoms with Crippen molar-refractivity contribution in [2.45, 2.75) is 50.5 Å². The normalized spacial score (nSPS) is 26.1. The van der Waals surface area contributed by atoms with Gasteiger partial charge in [0.2, 0.25) is 0 Å². The lowest BCUT2D eigenvalue weighted by Gasteiger charge is -2.28. The van der Waals surface area contributed by atoms with Crippen molar-refractivity contribution in [3.63, 3.8) is 0 Å². The molecule has 3 unspecified atom stereocenters. The van der Waals surface area contributed by atoms with Crippen LogP contribution in [0.15, 0.2) is 0 Å². The topological polar surface area (TPSA) is 49.6 Å². The molecule has 7 heteroatoms. The van der Waals surface area contributed by atoms with Crippen LogP contribution in [0.5, 0.6) is 0 Å². The van der Waals surface area contributed by atoms with Crippen LogP contribution in [0.4, 0.5) is 13.2 Å². The van der Waals surface area contributed by atoms with Gasteiger partial charge in [-0.25, -0.2) is 0 Å². The lowest BCUT2D eigenvalue weighted by atomic mass is 10.1. The van der Waals surface area contributed by atoms with Crippen molar-refractivity contribution in [2.24, 2.45) is 5.73 Å². The van der Waals surface area contributed by atoms with E-state index in [-0.39, 0.29) is 6.54 Å². The molecule has 0 radical (unpaired) electrons. The van der Waals surface area contributed by atoms with Gasteiger partial charge in [-0.2, -0.15) is 13.2 Å². The van der Waals surface area contributed by atoms with Gasteiger partial charge in [0.05, 0.1) is 12.6 Å². The maximum absolute atomic E-state index is 12.5. The van der Waals surface area contributed by atoms with Crippen molar-refractivity contribution >= 4 is 6.29 Å². The molecule has 0 spiro atoms. The summed E-state index contributed by atoms with van der Waals surface area (Å²) < 4.78 is 37.6. The summed E-state index contributed by atoms with van der Waals surface area (Å²) in [5, 5.41) is 0. The molecule has 0 aromatic rings. The first-order valence-corrected chi connectivity index (χ1v) is 6.95. The Bertz CT molecular complexity index is 312. The van der Waals surface area contributed by atoms with Crippen molar-refractivity contribution in [1.82, 2.24) is 9.80 Å². The zero-order valence-corrected chi connectivity index (χ0v) is 12.1. The molecule has 1 rings (SSSR count). The third-order valence-corrected chi connectivity index (χ3v) is 4.01. The van der Waals surface area contributed by atoms with Gasteiger partial charge in [-0.1, -0.05) is 0 Å². The van der Waals surface area contributed by atoms with Gasteiger partial charge in [0.25, 0.3) is 0 Å². The Morgan fingerprint density at radius 3 is 2.55 bits per heavy atom. The summed E-state index contributed by atoms with van der Waals surface area (Å²) in [5.74, 6) is 0. The summed E-state index contributed by atoms with van der Waals surface area (Å²) in [5.41, 5.74) is 5.44. The van der Waals surface area contributed by atoms with E-state index in [4.69, 9.17) is 5.73 Å². The van der Waals surface area contributed by atoms with Gasteiger partial charge in [0.1, 0.15) is 6.29 Å². The highest BCUT2D eigenvalue weighted by molar-refractivity contribution is 5.57. The molecular formula is C13H24F3N3O. The highest BCUT2D eigenvalue weighted by Crippen LogP contribution is 2.25. The van der Waals surface area contributed by atoms with Gasteiger partial charge in [0, 0.05) is 25.2 Å². The van der Waals surface area contributed by atoms with Gasteiger partial charge in [-0.05, 0) is 33.2 Å². The Morgan fingerprint density at radius 1 is 1.45 bits per heavy atom. The summed E-state index contributed by atoms with van der Waals surface area (Å²) in [4.78, 5) is 14.0. The second-order valence-electron chi connectivity index (χ2n) is 5.68. The summed E-state index contributed by atoms with van der Waals surface area (Å²) >= 11 is 0. The minimum Gasteiger partial charge on any atom is -0.321 e. The Labute approximate surface area is 118 Å². The lowest BCUT2D eigenvalue weighted by Crippen LogP contribution is -2.44. The third kappa shape index (κ3) is 5.76. The standard InChI is InChI=1S/C13H24F3N3O/c1-10-3-4-12(18(10)2)5-6-19(7-11(17)8-20)9-13(14,15)16/h8,10-12H,3-7,9,17H2,1-2H3. The van der Waals surface area contributed by atoms with E-state index >= 15 is 0 Å². The fourth-order valence-electron chi connectivity index (χ4n) is 2.71. The van der Waals surface area contributed by atoms with Gasteiger partial charge >= 0.3 is 6.18 Å². The Hall–Kier alpha value is -0.660. The predicted molar refractivity (Wildman–Crippen MR) is 71.4 cm³/mol. The van der Waals surface area contributed by atoms with Crippen LogP contribution in [0.1, 0.15) is 26.2 Å². The first-order valence-electron chi connectivity index (χ1n) is 6.95.